The van der Waals surface area contributed by atoms with E-state index >= 15 is 0 Å². The Balaban J connectivity index is 1.96. The molecule has 0 atom stereocenters. The molecule has 2 aromatic carbocycles. The van der Waals surface area contributed by atoms with Gasteiger partial charge in [-0.15, -0.1) is 0 Å². The van der Waals surface area contributed by atoms with Crippen LogP contribution in [-0.4, -0.2) is 32.1 Å². The normalized spacial score (nSPS) is 11.1. The molecule has 7 nitrogen and oxygen atoms in total. The first-order chi connectivity index (χ1) is 13.2. The second-order valence-electron chi connectivity index (χ2n) is 6.17. The van der Waals surface area contributed by atoms with Crippen LogP contribution in [0.2, 0.25) is 0 Å². The van der Waals surface area contributed by atoms with Crippen LogP contribution in [0.1, 0.15) is 31.1 Å². The highest BCUT2D eigenvalue weighted by molar-refractivity contribution is 7.89. The number of nitrogens with one attached hydrogen (secondary N) is 3. The van der Waals surface area contributed by atoms with Crippen LogP contribution in [0.4, 0.5) is 5.69 Å². The van der Waals surface area contributed by atoms with Crippen molar-refractivity contribution in [3.63, 3.8) is 0 Å². The maximum Gasteiger partial charge on any atom is 0.257 e. The molecule has 0 heterocycles. The summed E-state index contributed by atoms with van der Waals surface area (Å²) in [7, 11) is -3.56. The number of sulfonamides is 1. The molecule has 0 unspecified atom stereocenters. The lowest BCUT2D eigenvalue weighted by molar-refractivity contribution is 0.0977. The summed E-state index contributed by atoms with van der Waals surface area (Å²) in [6, 6.07) is 12.6. The molecule has 0 saturated heterocycles. The molecule has 0 bridgehead atoms. The topological polar surface area (TPSA) is 96.5 Å². The van der Waals surface area contributed by atoms with Crippen LogP contribution >= 0.6 is 12.2 Å². The lowest BCUT2D eigenvalue weighted by Gasteiger charge is -2.12. The van der Waals surface area contributed by atoms with Crippen molar-refractivity contribution in [3.05, 3.63) is 54.1 Å². The number of hydrogen-bond acceptors (Lipinski definition) is 5. The van der Waals surface area contributed by atoms with Gasteiger partial charge in [0.15, 0.2) is 5.11 Å². The average Bonchev–Trinajstić information content (AvgIpc) is 2.62. The van der Waals surface area contributed by atoms with E-state index in [0.29, 0.717) is 23.6 Å². The first-order valence-electron chi connectivity index (χ1n) is 8.69. The van der Waals surface area contributed by atoms with E-state index in [9.17, 15) is 13.2 Å². The van der Waals surface area contributed by atoms with Gasteiger partial charge in [0.25, 0.3) is 5.91 Å². The van der Waals surface area contributed by atoms with E-state index in [1.165, 1.54) is 12.1 Å². The standard InChI is InChI=1S/C19H23N3O4S2/c1-4-26-16-9-5-14(6-10-16)18(23)21-19(27)20-15-7-11-17(12-8-15)28(24,25)22-13(2)3/h5-13,22H,4H2,1-3H3,(H2,20,21,23,27). The van der Waals surface area contributed by atoms with E-state index in [0.717, 1.165) is 0 Å². The molecule has 0 aliphatic heterocycles. The van der Waals surface area contributed by atoms with Crippen molar-refractivity contribution >= 4 is 38.9 Å². The maximum absolute atomic E-state index is 12.2. The number of benzene rings is 2. The first kappa shape index (κ1) is 21.8. The van der Waals surface area contributed by atoms with E-state index in [1.807, 2.05) is 6.92 Å². The number of hydrogen-bond donors (Lipinski definition) is 3. The summed E-state index contributed by atoms with van der Waals surface area (Å²) in [6.45, 7) is 5.93. The predicted molar refractivity (Wildman–Crippen MR) is 113 cm³/mol. The molecule has 0 saturated carbocycles. The summed E-state index contributed by atoms with van der Waals surface area (Å²) in [4.78, 5) is 12.4. The Morgan fingerprint density at radius 1 is 1.07 bits per heavy atom. The van der Waals surface area contributed by atoms with Crippen molar-refractivity contribution < 1.29 is 17.9 Å². The Morgan fingerprint density at radius 3 is 2.21 bits per heavy atom. The fourth-order valence-corrected chi connectivity index (χ4v) is 3.76. The van der Waals surface area contributed by atoms with Crippen LogP contribution in [-0.2, 0) is 10.0 Å². The van der Waals surface area contributed by atoms with Gasteiger partial charge in [-0.3, -0.25) is 10.1 Å². The van der Waals surface area contributed by atoms with Gasteiger partial charge in [-0.1, -0.05) is 0 Å². The largest absolute Gasteiger partial charge is 0.494 e. The third kappa shape index (κ3) is 6.29. The van der Waals surface area contributed by atoms with Crippen molar-refractivity contribution in [2.45, 2.75) is 31.7 Å². The Morgan fingerprint density at radius 2 is 1.68 bits per heavy atom. The van der Waals surface area contributed by atoms with Gasteiger partial charge in [0.2, 0.25) is 10.0 Å². The Labute approximate surface area is 170 Å². The van der Waals surface area contributed by atoms with E-state index in [4.69, 9.17) is 17.0 Å². The van der Waals surface area contributed by atoms with Gasteiger partial charge in [-0.25, -0.2) is 13.1 Å². The van der Waals surface area contributed by atoms with Gasteiger partial charge in [0.05, 0.1) is 11.5 Å². The minimum absolute atomic E-state index is 0.106. The zero-order valence-corrected chi connectivity index (χ0v) is 17.5. The smallest absolute Gasteiger partial charge is 0.257 e. The third-order valence-electron chi connectivity index (χ3n) is 3.47. The number of rotatable bonds is 7. The quantitative estimate of drug-likeness (QED) is 0.595. The van der Waals surface area contributed by atoms with E-state index in [1.54, 1.807) is 50.2 Å². The lowest BCUT2D eigenvalue weighted by Crippen LogP contribution is -2.34. The van der Waals surface area contributed by atoms with Crippen LogP contribution in [0.25, 0.3) is 0 Å². The summed E-state index contributed by atoms with van der Waals surface area (Å²) in [5, 5.41) is 5.54. The molecule has 0 aromatic heterocycles. The fraction of sp³-hybridized carbons (Fsp3) is 0.263. The summed E-state index contributed by atoms with van der Waals surface area (Å²) >= 11 is 5.14. The summed E-state index contributed by atoms with van der Waals surface area (Å²) in [6.07, 6.45) is 0. The molecule has 28 heavy (non-hydrogen) atoms. The highest BCUT2D eigenvalue weighted by Crippen LogP contribution is 2.15. The number of carbonyl (C=O) groups is 1. The zero-order chi connectivity index (χ0) is 20.7. The van der Waals surface area contributed by atoms with Crippen LogP contribution in [0.15, 0.2) is 53.4 Å². The minimum Gasteiger partial charge on any atom is -0.494 e. The van der Waals surface area contributed by atoms with Gasteiger partial charge in [-0.2, -0.15) is 0 Å². The molecule has 0 aliphatic rings. The summed E-state index contributed by atoms with van der Waals surface area (Å²) in [5.74, 6) is 0.322. The third-order valence-corrected chi connectivity index (χ3v) is 5.35. The summed E-state index contributed by atoms with van der Waals surface area (Å²) < 4.78 is 32.1. The molecule has 0 fully saturated rings. The van der Waals surface area contributed by atoms with Gasteiger partial charge in [0, 0.05) is 17.3 Å². The molecule has 2 rings (SSSR count). The van der Waals surface area contributed by atoms with Crippen molar-refractivity contribution in [2.24, 2.45) is 0 Å². The second-order valence-corrected chi connectivity index (χ2v) is 8.29. The number of ether oxygens (including phenoxy) is 1. The molecule has 3 N–H and O–H groups in total. The maximum atomic E-state index is 12.2. The molecular weight excluding hydrogens is 398 g/mol. The van der Waals surface area contributed by atoms with Crippen LogP contribution in [0, 0.1) is 0 Å². The number of anilines is 1. The molecule has 0 spiro atoms. The molecular formula is C19H23N3O4S2. The molecule has 1 amide bonds. The van der Waals surface area contributed by atoms with Crippen molar-refractivity contribution in [1.82, 2.24) is 10.0 Å². The number of thiocarbonyl (C=S) groups is 1. The van der Waals surface area contributed by atoms with Gasteiger partial charge >= 0.3 is 0 Å². The van der Waals surface area contributed by atoms with E-state index in [-0.39, 0.29) is 22.0 Å². The highest BCUT2D eigenvalue weighted by atomic mass is 32.2. The van der Waals surface area contributed by atoms with Crippen molar-refractivity contribution in [3.8, 4) is 5.75 Å². The van der Waals surface area contributed by atoms with Crippen LogP contribution < -0.4 is 20.1 Å². The second kappa shape index (κ2) is 9.63. The van der Waals surface area contributed by atoms with Crippen molar-refractivity contribution in [1.29, 1.82) is 0 Å². The molecule has 150 valence electrons. The lowest BCUT2D eigenvalue weighted by atomic mass is 10.2. The Kier molecular flexibility index (Phi) is 7.50. The van der Waals surface area contributed by atoms with Gasteiger partial charge in [-0.05, 0) is 81.5 Å². The van der Waals surface area contributed by atoms with E-state index < -0.39 is 10.0 Å². The minimum atomic E-state index is -3.56. The Bertz CT molecular complexity index is 925. The zero-order valence-electron chi connectivity index (χ0n) is 15.9. The monoisotopic (exact) mass is 421 g/mol. The average molecular weight is 422 g/mol. The molecule has 2 aromatic rings. The first-order valence-corrected chi connectivity index (χ1v) is 10.6. The van der Waals surface area contributed by atoms with Crippen molar-refractivity contribution in [2.75, 3.05) is 11.9 Å². The Hall–Kier alpha value is -2.49. The van der Waals surface area contributed by atoms with E-state index in [2.05, 4.69) is 15.4 Å². The number of carbonyl (C=O) groups excluding carboxylic acids is 1. The van der Waals surface area contributed by atoms with Crippen LogP contribution in [0.5, 0.6) is 5.75 Å². The number of amides is 1. The van der Waals surface area contributed by atoms with Gasteiger partial charge in [0.1, 0.15) is 5.75 Å². The molecule has 9 heteroatoms. The predicted octanol–water partition coefficient (Wildman–Crippen LogP) is 2.90. The van der Waals surface area contributed by atoms with Crippen LogP contribution in [0.3, 0.4) is 0 Å². The molecule has 0 aliphatic carbocycles. The highest BCUT2D eigenvalue weighted by Gasteiger charge is 2.15. The SMILES string of the molecule is CCOc1ccc(C(=O)NC(=S)Nc2ccc(S(=O)(=O)NC(C)C)cc2)cc1. The summed E-state index contributed by atoms with van der Waals surface area (Å²) in [5.41, 5.74) is 0.995. The van der Waals surface area contributed by atoms with Gasteiger partial charge < -0.3 is 10.1 Å². The molecule has 0 radical (unpaired) electrons. The fourth-order valence-electron chi connectivity index (χ4n) is 2.30.